The zero-order chi connectivity index (χ0) is 19.4. The summed E-state index contributed by atoms with van der Waals surface area (Å²) in [6.45, 7) is 1.82. The number of nitrogens with zero attached hydrogens (tertiary/aromatic N) is 2. The van der Waals surface area contributed by atoms with E-state index in [1.165, 1.54) is 17.8 Å². The van der Waals surface area contributed by atoms with Crippen molar-refractivity contribution in [1.82, 2.24) is 5.16 Å². The Kier molecular flexibility index (Phi) is 5.51. The first-order valence-corrected chi connectivity index (χ1v) is 8.82. The minimum Gasteiger partial charge on any atom is -0.360 e. The molecule has 0 aliphatic rings. The van der Waals surface area contributed by atoms with Crippen molar-refractivity contribution in [2.45, 2.75) is 17.6 Å². The number of nitro groups is 1. The molecule has 7 nitrogen and oxygen atoms in total. The van der Waals surface area contributed by atoms with Crippen LogP contribution in [0.1, 0.15) is 21.8 Å². The van der Waals surface area contributed by atoms with Crippen molar-refractivity contribution in [3.63, 3.8) is 0 Å². The van der Waals surface area contributed by atoms with Crippen molar-refractivity contribution >= 4 is 29.0 Å². The van der Waals surface area contributed by atoms with E-state index in [2.05, 4.69) is 10.5 Å². The van der Waals surface area contributed by atoms with Gasteiger partial charge in [-0.1, -0.05) is 17.3 Å². The van der Waals surface area contributed by atoms with Crippen LogP contribution in [0.3, 0.4) is 0 Å². The summed E-state index contributed by atoms with van der Waals surface area (Å²) in [4.78, 5) is 23.3. The van der Waals surface area contributed by atoms with E-state index >= 15 is 0 Å². The second kappa shape index (κ2) is 8.00. The molecule has 138 valence electrons. The fourth-order valence-corrected chi connectivity index (χ4v) is 3.27. The number of nitrogens with one attached hydrogen (secondary N) is 1. The Morgan fingerprint density at radius 3 is 2.78 bits per heavy atom. The number of nitro benzene ring substituents is 1. The number of hydrogen-bond acceptors (Lipinski definition) is 6. The summed E-state index contributed by atoms with van der Waals surface area (Å²) >= 11 is 1.40. The maximum atomic E-state index is 13.4. The highest BCUT2D eigenvalue weighted by molar-refractivity contribution is 7.98. The van der Waals surface area contributed by atoms with Gasteiger partial charge in [0.15, 0.2) is 0 Å². The second-order valence-corrected chi connectivity index (χ2v) is 6.61. The van der Waals surface area contributed by atoms with Crippen molar-refractivity contribution in [1.29, 1.82) is 0 Å². The van der Waals surface area contributed by atoms with Crippen LogP contribution in [0.15, 0.2) is 57.9 Å². The van der Waals surface area contributed by atoms with E-state index in [1.54, 1.807) is 24.3 Å². The Morgan fingerprint density at radius 2 is 2.07 bits per heavy atom. The van der Waals surface area contributed by atoms with Gasteiger partial charge in [-0.3, -0.25) is 14.9 Å². The highest BCUT2D eigenvalue weighted by Crippen LogP contribution is 2.28. The fourth-order valence-electron chi connectivity index (χ4n) is 2.34. The molecular formula is C18H14FN3O4S. The van der Waals surface area contributed by atoms with Crippen molar-refractivity contribution < 1.29 is 18.6 Å². The van der Waals surface area contributed by atoms with Crippen LogP contribution in [-0.2, 0) is 5.75 Å². The summed E-state index contributed by atoms with van der Waals surface area (Å²) < 4.78 is 18.6. The predicted molar refractivity (Wildman–Crippen MR) is 98.3 cm³/mol. The molecule has 0 bridgehead atoms. The van der Waals surface area contributed by atoms with Crippen LogP contribution in [0.2, 0.25) is 0 Å². The third kappa shape index (κ3) is 4.50. The summed E-state index contributed by atoms with van der Waals surface area (Å²) in [6.07, 6.45) is 0. The van der Waals surface area contributed by atoms with Gasteiger partial charge in [0.2, 0.25) is 5.82 Å². The lowest BCUT2D eigenvalue weighted by atomic mass is 10.2. The van der Waals surface area contributed by atoms with Gasteiger partial charge < -0.3 is 9.84 Å². The summed E-state index contributed by atoms with van der Waals surface area (Å²) in [5, 5.41) is 17.2. The average Bonchev–Trinajstić information content (AvgIpc) is 3.07. The molecular weight excluding hydrogens is 373 g/mol. The molecule has 0 saturated heterocycles. The van der Waals surface area contributed by atoms with Crippen LogP contribution in [0.4, 0.5) is 15.8 Å². The van der Waals surface area contributed by atoms with Crippen LogP contribution in [0, 0.1) is 22.9 Å². The molecule has 3 aromatic rings. The molecule has 0 spiro atoms. The second-order valence-electron chi connectivity index (χ2n) is 5.60. The van der Waals surface area contributed by atoms with E-state index in [0.29, 0.717) is 22.0 Å². The Morgan fingerprint density at radius 1 is 1.30 bits per heavy atom. The zero-order valence-corrected chi connectivity index (χ0v) is 15.0. The van der Waals surface area contributed by atoms with Crippen LogP contribution in [0.25, 0.3) is 0 Å². The number of hydrogen-bond donors (Lipinski definition) is 1. The van der Waals surface area contributed by atoms with Gasteiger partial charge in [-0.15, -0.1) is 11.8 Å². The summed E-state index contributed by atoms with van der Waals surface area (Å²) in [7, 11) is 0. The van der Waals surface area contributed by atoms with Gasteiger partial charge in [-0.05, 0) is 31.2 Å². The molecule has 0 atom stereocenters. The van der Waals surface area contributed by atoms with E-state index in [9.17, 15) is 19.3 Å². The van der Waals surface area contributed by atoms with Crippen molar-refractivity contribution in [2.24, 2.45) is 0 Å². The van der Waals surface area contributed by atoms with Gasteiger partial charge in [0.25, 0.3) is 5.91 Å². The van der Waals surface area contributed by atoms with E-state index in [0.717, 1.165) is 17.8 Å². The van der Waals surface area contributed by atoms with Crippen LogP contribution in [-0.4, -0.2) is 16.0 Å². The summed E-state index contributed by atoms with van der Waals surface area (Å²) in [6, 6.07) is 12.0. The number of halogens is 1. The van der Waals surface area contributed by atoms with E-state index in [-0.39, 0.29) is 5.69 Å². The number of aryl methyl sites for hydroxylation is 1. The molecule has 1 heterocycles. The standard InChI is InChI=1S/C18H14FN3O4S/c1-11-8-13(26-21-11)10-27-17-5-3-2-4-14(17)18(23)20-12-6-7-15(19)16(9-12)22(24)25/h2-9H,10H2,1H3,(H,20,23). The third-order valence-corrected chi connectivity index (χ3v) is 4.67. The van der Waals surface area contributed by atoms with Crippen LogP contribution < -0.4 is 5.32 Å². The molecule has 27 heavy (non-hydrogen) atoms. The molecule has 0 fully saturated rings. The van der Waals surface area contributed by atoms with Crippen molar-refractivity contribution in [3.05, 3.63) is 81.5 Å². The molecule has 3 rings (SSSR count). The quantitative estimate of drug-likeness (QED) is 0.378. The Hall–Kier alpha value is -3.20. The minimum absolute atomic E-state index is 0.138. The molecule has 0 saturated carbocycles. The fraction of sp³-hybridized carbons (Fsp3) is 0.111. The van der Waals surface area contributed by atoms with Crippen molar-refractivity contribution in [3.8, 4) is 0 Å². The number of carbonyl (C=O) groups is 1. The lowest BCUT2D eigenvalue weighted by Gasteiger charge is -2.09. The molecule has 9 heteroatoms. The Balaban J connectivity index is 1.77. The topological polar surface area (TPSA) is 98.3 Å². The van der Waals surface area contributed by atoms with E-state index in [4.69, 9.17) is 4.52 Å². The number of carbonyl (C=O) groups excluding carboxylic acids is 1. The molecule has 0 aliphatic heterocycles. The largest absolute Gasteiger partial charge is 0.360 e. The van der Waals surface area contributed by atoms with Crippen LogP contribution in [0.5, 0.6) is 0 Å². The third-order valence-electron chi connectivity index (χ3n) is 3.58. The molecule has 0 unspecified atom stereocenters. The lowest BCUT2D eigenvalue weighted by molar-refractivity contribution is -0.387. The molecule has 1 amide bonds. The van der Waals surface area contributed by atoms with Gasteiger partial charge in [-0.2, -0.15) is 4.39 Å². The van der Waals surface area contributed by atoms with Crippen molar-refractivity contribution in [2.75, 3.05) is 5.32 Å². The first-order chi connectivity index (χ1) is 12.9. The average molecular weight is 387 g/mol. The van der Waals surface area contributed by atoms with Gasteiger partial charge in [0.05, 0.1) is 21.9 Å². The molecule has 1 N–H and O–H groups in total. The zero-order valence-electron chi connectivity index (χ0n) is 14.1. The van der Waals surface area contributed by atoms with Gasteiger partial charge in [-0.25, -0.2) is 0 Å². The number of rotatable bonds is 6. The molecule has 0 aliphatic carbocycles. The molecule has 0 radical (unpaired) electrons. The Labute approximate surface area is 157 Å². The number of benzene rings is 2. The maximum absolute atomic E-state index is 13.4. The van der Waals surface area contributed by atoms with E-state index < -0.39 is 22.3 Å². The van der Waals surface area contributed by atoms with Gasteiger partial charge in [0.1, 0.15) is 5.76 Å². The molecule has 2 aromatic carbocycles. The number of aromatic nitrogens is 1. The number of amides is 1. The molecule has 1 aromatic heterocycles. The monoisotopic (exact) mass is 387 g/mol. The maximum Gasteiger partial charge on any atom is 0.306 e. The number of thioether (sulfide) groups is 1. The first kappa shape index (κ1) is 18.6. The minimum atomic E-state index is -0.962. The smallest absolute Gasteiger partial charge is 0.306 e. The predicted octanol–water partition coefficient (Wildman–Crippen LogP) is 4.57. The van der Waals surface area contributed by atoms with E-state index in [1.807, 2.05) is 13.0 Å². The number of anilines is 1. The summed E-state index contributed by atoms with van der Waals surface area (Å²) in [5.41, 5.74) is 0.607. The Bertz CT molecular complexity index is 1010. The highest BCUT2D eigenvalue weighted by atomic mass is 32.2. The van der Waals surface area contributed by atoms with Gasteiger partial charge in [0, 0.05) is 22.7 Å². The van der Waals surface area contributed by atoms with Gasteiger partial charge >= 0.3 is 5.69 Å². The lowest BCUT2D eigenvalue weighted by Crippen LogP contribution is -2.13. The highest BCUT2D eigenvalue weighted by Gasteiger charge is 2.17. The SMILES string of the molecule is Cc1cc(CSc2ccccc2C(=O)Nc2ccc(F)c([N+](=O)[O-])c2)on1. The first-order valence-electron chi connectivity index (χ1n) is 7.83. The van der Waals surface area contributed by atoms with Crippen LogP contribution >= 0.6 is 11.8 Å². The summed E-state index contributed by atoms with van der Waals surface area (Å²) in [5.74, 6) is -0.237. The normalized spacial score (nSPS) is 10.6.